The number of thioether (sulfide) groups is 1. The van der Waals surface area contributed by atoms with E-state index in [9.17, 15) is 15.0 Å². The number of rotatable bonds is 6. The summed E-state index contributed by atoms with van der Waals surface area (Å²) in [5.41, 5.74) is 5.31. The van der Waals surface area contributed by atoms with E-state index in [4.69, 9.17) is 20.7 Å². The second kappa shape index (κ2) is 6.53. The molecule has 0 aromatic heterocycles. The molecule has 0 radical (unpaired) electrons. The number of hydrogen-bond acceptors (Lipinski definition) is 7. The molecule has 6 N–H and O–H groups in total. The number of ether oxygens (including phenoxy) is 1. The van der Waals surface area contributed by atoms with Gasteiger partial charge in [0, 0.05) is 5.75 Å². The summed E-state index contributed by atoms with van der Waals surface area (Å²) in [6.07, 6.45) is -4.11. The molecule has 0 bridgehead atoms. The van der Waals surface area contributed by atoms with Gasteiger partial charge in [-0.25, -0.2) is 0 Å². The van der Waals surface area contributed by atoms with Gasteiger partial charge in [-0.05, 0) is 12.2 Å². The summed E-state index contributed by atoms with van der Waals surface area (Å²) in [7, 11) is 0. The van der Waals surface area contributed by atoms with Gasteiger partial charge in [0.2, 0.25) is 0 Å². The van der Waals surface area contributed by atoms with Crippen LogP contribution in [0.5, 0.6) is 0 Å². The largest absolute Gasteiger partial charge is 0.480 e. The van der Waals surface area contributed by atoms with Gasteiger partial charge in [0.05, 0.1) is 6.10 Å². The van der Waals surface area contributed by atoms with Crippen LogP contribution >= 0.6 is 11.8 Å². The summed E-state index contributed by atoms with van der Waals surface area (Å²) in [5.74, 6) is -0.179. The Bertz CT molecular complexity index is 266. The molecular weight excluding hydrogens is 258 g/mol. The van der Waals surface area contributed by atoms with E-state index in [0.29, 0.717) is 17.9 Å². The molecule has 1 unspecified atom stereocenters. The average Bonchev–Trinajstić information content (AvgIpc) is 2.52. The van der Waals surface area contributed by atoms with Crippen LogP contribution in [0.3, 0.4) is 0 Å². The van der Waals surface area contributed by atoms with Crippen molar-refractivity contribution < 1.29 is 30.0 Å². The van der Waals surface area contributed by atoms with Crippen LogP contribution in [-0.4, -0.2) is 68.5 Å². The van der Waals surface area contributed by atoms with Crippen molar-refractivity contribution in [2.45, 2.75) is 37.1 Å². The molecule has 0 aliphatic carbocycles. The van der Waals surface area contributed by atoms with Crippen LogP contribution in [0.2, 0.25) is 0 Å². The Kier molecular flexibility index (Phi) is 5.63. The van der Waals surface area contributed by atoms with Gasteiger partial charge >= 0.3 is 5.97 Å². The van der Waals surface area contributed by atoms with Crippen molar-refractivity contribution in [2.24, 2.45) is 5.73 Å². The van der Waals surface area contributed by atoms with Crippen LogP contribution in [-0.2, 0) is 9.53 Å². The van der Waals surface area contributed by atoms with Crippen molar-refractivity contribution >= 4 is 17.7 Å². The summed E-state index contributed by atoms with van der Waals surface area (Å²) in [4.78, 5) is 10.4. The molecular formula is C9H17NO6S. The Morgan fingerprint density at radius 3 is 2.47 bits per heavy atom. The van der Waals surface area contributed by atoms with Gasteiger partial charge < -0.3 is 30.9 Å². The first-order valence-corrected chi connectivity index (χ1v) is 6.34. The van der Waals surface area contributed by atoms with E-state index in [1.54, 1.807) is 0 Å². The first-order valence-electron chi connectivity index (χ1n) is 5.19. The van der Waals surface area contributed by atoms with Crippen LogP contribution < -0.4 is 5.73 Å². The number of aliphatic carboxylic acids is 1. The predicted molar refractivity (Wildman–Crippen MR) is 60.4 cm³/mol. The third-order valence-corrected chi connectivity index (χ3v) is 3.60. The van der Waals surface area contributed by atoms with Crippen LogP contribution in [0.25, 0.3) is 0 Å². The topological polar surface area (TPSA) is 133 Å². The van der Waals surface area contributed by atoms with E-state index in [2.05, 4.69) is 0 Å². The number of nitrogens with two attached hydrogens (primary N) is 1. The van der Waals surface area contributed by atoms with Gasteiger partial charge in [0.1, 0.15) is 18.2 Å². The van der Waals surface area contributed by atoms with Crippen LogP contribution in [0, 0.1) is 0 Å². The molecule has 0 aromatic carbocycles. The number of carboxylic acids is 1. The minimum absolute atomic E-state index is 0.313. The van der Waals surface area contributed by atoms with Crippen molar-refractivity contribution in [2.75, 3.05) is 11.5 Å². The zero-order valence-electron chi connectivity index (χ0n) is 9.10. The molecule has 1 aliphatic heterocycles. The van der Waals surface area contributed by atoms with Crippen LogP contribution in [0.4, 0.5) is 0 Å². The molecule has 0 spiro atoms. The summed E-state index contributed by atoms with van der Waals surface area (Å²) in [5, 5.41) is 36.3. The highest BCUT2D eigenvalue weighted by atomic mass is 32.2. The summed E-state index contributed by atoms with van der Waals surface area (Å²) < 4.78 is 4.93. The lowest BCUT2D eigenvalue weighted by molar-refractivity contribution is -0.138. The van der Waals surface area contributed by atoms with Crippen molar-refractivity contribution in [1.82, 2.24) is 0 Å². The summed E-state index contributed by atoms with van der Waals surface area (Å²) in [6.45, 7) is 0. The Morgan fingerprint density at radius 2 is 2.00 bits per heavy atom. The van der Waals surface area contributed by atoms with Gasteiger partial charge in [-0.3, -0.25) is 4.79 Å². The van der Waals surface area contributed by atoms with E-state index >= 15 is 0 Å². The summed E-state index contributed by atoms with van der Waals surface area (Å²) in [6, 6.07) is -0.895. The minimum Gasteiger partial charge on any atom is -0.480 e. The number of carboxylic acid groups (broad SMARTS) is 1. The number of carbonyl (C=O) groups is 1. The predicted octanol–water partition coefficient (Wildman–Crippen LogP) is -2.04. The lowest BCUT2D eigenvalue weighted by Gasteiger charge is -2.14. The molecule has 100 valence electrons. The van der Waals surface area contributed by atoms with Gasteiger partial charge in [-0.15, -0.1) is 0 Å². The molecule has 1 fully saturated rings. The van der Waals surface area contributed by atoms with Crippen LogP contribution in [0.15, 0.2) is 0 Å². The van der Waals surface area contributed by atoms with Crippen molar-refractivity contribution in [1.29, 1.82) is 0 Å². The van der Waals surface area contributed by atoms with E-state index < -0.39 is 36.6 Å². The van der Waals surface area contributed by atoms with Crippen molar-refractivity contribution in [3.8, 4) is 0 Å². The van der Waals surface area contributed by atoms with Crippen LogP contribution in [0.1, 0.15) is 6.42 Å². The third kappa shape index (κ3) is 4.09. The second-order valence-corrected chi connectivity index (χ2v) is 5.00. The fourth-order valence-corrected chi connectivity index (χ4v) is 2.50. The maximum atomic E-state index is 10.4. The Balaban J connectivity index is 2.17. The first kappa shape index (κ1) is 14.7. The molecule has 7 nitrogen and oxygen atoms in total. The lowest BCUT2D eigenvalue weighted by Crippen LogP contribution is -2.33. The quantitative estimate of drug-likeness (QED) is 0.350. The maximum Gasteiger partial charge on any atom is 0.320 e. The van der Waals surface area contributed by atoms with E-state index in [1.165, 1.54) is 11.8 Å². The number of hydrogen-bond donors (Lipinski definition) is 5. The molecule has 1 saturated heterocycles. The SMILES string of the molecule is N[C@@H](CCSC[14C@H]1O[14CH](O)[14C@H](O)[14C@@H]1O)C(=O)O. The Morgan fingerprint density at radius 1 is 1.35 bits per heavy atom. The number of aliphatic hydroxyl groups excluding tert-OH is 3. The highest BCUT2D eigenvalue weighted by Crippen LogP contribution is 2.23. The highest BCUT2D eigenvalue weighted by molar-refractivity contribution is 7.99. The second-order valence-electron chi connectivity index (χ2n) is 3.85. The maximum absolute atomic E-state index is 10.4. The monoisotopic (exact) mass is 275 g/mol. The minimum atomic E-state index is -1.36. The van der Waals surface area contributed by atoms with Gasteiger partial charge in [-0.2, -0.15) is 11.8 Å². The summed E-state index contributed by atoms with van der Waals surface area (Å²) >= 11 is 1.35. The lowest BCUT2D eigenvalue weighted by atomic mass is 10.2. The number of aliphatic hydroxyl groups is 3. The molecule has 5 atom stereocenters. The Labute approximate surface area is 103 Å². The molecule has 1 heterocycles. The van der Waals surface area contributed by atoms with E-state index in [-0.39, 0.29) is 0 Å². The van der Waals surface area contributed by atoms with E-state index in [0.717, 1.165) is 0 Å². The molecule has 1 aliphatic rings. The molecule has 8 heteroatoms. The van der Waals surface area contributed by atoms with Crippen molar-refractivity contribution in [3.63, 3.8) is 0 Å². The van der Waals surface area contributed by atoms with Crippen molar-refractivity contribution in [3.05, 3.63) is 0 Å². The standard InChI is InChI=1S/C9H17NO6S/c10-4(8(13)14)1-2-17-3-5-6(11)7(12)9(15)16-5/h4-7,9,11-12,15H,1-3,10H2,(H,13,14)/t4-,5+,6+,7+,9?/m0/s1/i5+2,6+2,7+2,9+2. The molecule has 0 amide bonds. The zero-order chi connectivity index (χ0) is 13.0. The Hall–Kier alpha value is -0.380. The zero-order valence-corrected chi connectivity index (χ0v) is 9.92. The first-order chi connectivity index (χ1) is 7.93. The highest BCUT2D eigenvalue weighted by Gasteiger charge is 2.41. The molecule has 1 rings (SSSR count). The van der Waals surface area contributed by atoms with E-state index in [1.807, 2.05) is 0 Å². The molecule has 0 saturated carbocycles. The van der Waals surface area contributed by atoms with Gasteiger partial charge in [0.25, 0.3) is 0 Å². The van der Waals surface area contributed by atoms with Gasteiger partial charge in [-0.1, -0.05) is 0 Å². The fourth-order valence-electron chi connectivity index (χ4n) is 1.40. The molecule has 17 heavy (non-hydrogen) atoms. The normalized spacial score (nSPS) is 34.8. The smallest absolute Gasteiger partial charge is 0.320 e. The molecule has 0 aromatic rings. The fraction of sp³-hybridized carbons (Fsp3) is 0.889. The average molecular weight is 275 g/mol. The third-order valence-electron chi connectivity index (χ3n) is 2.51. The van der Waals surface area contributed by atoms with Gasteiger partial charge in [0.15, 0.2) is 6.29 Å².